The van der Waals surface area contributed by atoms with Crippen molar-refractivity contribution in [3.05, 3.63) is 35.5 Å². The van der Waals surface area contributed by atoms with Crippen LogP contribution in [0.15, 0.2) is 35.4 Å². The van der Waals surface area contributed by atoms with E-state index >= 15 is 0 Å². The van der Waals surface area contributed by atoms with Crippen LogP contribution in [0.1, 0.15) is 0 Å². The first-order chi connectivity index (χ1) is 8.47. The molecule has 2 aromatic rings. The van der Waals surface area contributed by atoms with E-state index in [1.807, 2.05) is 0 Å². The van der Waals surface area contributed by atoms with Crippen LogP contribution in [0.5, 0.6) is 0 Å². The molecule has 0 aliphatic carbocycles. The van der Waals surface area contributed by atoms with E-state index in [-0.39, 0.29) is 23.0 Å². The second-order valence-electron chi connectivity index (χ2n) is 3.68. The lowest BCUT2D eigenvalue weighted by atomic mass is 10.4. The fraction of sp³-hybridized carbons (Fsp3) is 0.200. The standard InChI is InChI=1S/C10H11ClN4O2S/c11-8-1-3-9(4-2-8)18(16,17)6-5-15-7-10(12)13-14-15/h1-4,7H,5-6,12H2. The molecule has 96 valence electrons. The second kappa shape index (κ2) is 4.95. The number of nitrogen functional groups attached to an aromatic ring is 1. The Morgan fingerprint density at radius 3 is 2.50 bits per heavy atom. The minimum absolute atomic E-state index is 0.0720. The number of benzene rings is 1. The lowest BCUT2D eigenvalue weighted by Crippen LogP contribution is -2.13. The van der Waals surface area contributed by atoms with Crippen LogP contribution in [0.25, 0.3) is 0 Å². The molecule has 2 rings (SSSR count). The Bertz CT molecular complexity index is 636. The van der Waals surface area contributed by atoms with Gasteiger partial charge in [-0.05, 0) is 24.3 Å². The molecule has 1 heterocycles. The number of anilines is 1. The Hall–Kier alpha value is -1.60. The summed E-state index contributed by atoms with van der Waals surface area (Å²) in [6.07, 6.45) is 1.48. The van der Waals surface area contributed by atoms with Gasteiger partial charge in [0.15, 0.2) is 15.7 Å². The molecule has 0 spiro atoms. The van der Waals surface area contributed by atoms with Crippen LogP contribution in [0, 0.1) is 0 Å². The van der Waals surface area contributed by atoms with Crippen molar-refractivity contribution in [1.82, 2.24) is 15.0 Å². The zero-order valence-electron chi connectivity index (χ0n) is 9.32. The molecule has 6 nitrogen and oxygen atoms in total. The Morgan fingerprint density at radius 1 is 1.28 bits per heavy atom. The molecular weight excluding hydrogens is 276 g/mol. The monoisotopic (exact) mass is 286 g/mol. The highest BCUT2D eigenvalue weighted by Gasteiger charge is 2.14. The molecule has 18 heavy (non-hydrogen) atoms. The van der Waals surface area contributed by atoms with Crippen molar-refractivity contribution in [1.29, 1.82) is 0 Å². The fourth-order valence-corrected chi connectivity index (χ4v) is 2.74. The summed E-state index contributed by atoms with van der Waals surface area (Å²) in [6.45, 7) is 0.204. The van der Waals surface area contributed by atoms with Crippen LogP contribution in [-0.4, -0.2) is 29.2 Å². The van der Waals surface area contributed by atoms with Gasteiger partial charge in [-0.15, -0.1) is 5.10 Å². The number of rotatable bonds is 4. The van der Waals surface area contributed by atoms with E-state index < -0.39 is 9.84 Å². The first kappa shape index (κ1) is 12.8. The van der Waals surface area contributed by atoms with E-state index in [9.17, 15) is 8.42 Å². The van der Waals surface area contributed by atoms with E-state index in [0.717, 1.165) is 0 Å². The van der Waals surface area contributed by atoms with Crippen LogP contribution < -0.4 is 5.73 Å². The Kier molecular flexibility index (Phi) is 3.53. The lowest BCUT2D eigenvalue weighted by Gasteiger charge is -2.04. The summed E-state index contributed by atoms with van der Waals surface area (Å²) < 4.78 is 25.4. The van der Waals surface area contributed by atoms with Gasteiger partial charge in [-0.3, -0.25) is 0 Å². The molecule has 8 heteroatoms. The maximum Gasteiger partial charge on any atom is 0.180 e. The normalized spacial score (nSPS) is 11.6. The summed E-state index contributed by atoms with van der Waals surface area (Å²) in [5.41, 5.74) is 5.39. The number of aromatic nitrogens is 3. The smallest absolute Gasteiger partial charge is 0.180 e. The molecule has 0 radical (unpaired) electrons. The average Bonchev–Trinajstić information content (AvgIpc) is 2.73. The maximum atomic E-state index is 12.0. The van der Waals surface area contributed by atoms with E-state index in [2.05, 4.69) is 10.3 Å². The Morgan fingerprint density at radius 2 is 1.94 bits per heavy atom. The number of nitrogens with zero attached hydrogens (tertiary/aromatic N) is 3. The number of nitrogens with two attached hydrogens (primary N) is 1. The van der Waals surface area contributed by atoms with Crippen molar-refractivity contribution in [3.8, 4) is 0 Å². The number of sulfone groups is 1. The van der Waals surface area contributed by atoms with E-state index in [1.54, 1.807) is 12.1 Å². The van der Waals surface area contributed by atoms with Crippen molar-refractivity contribution in [3.63, 3.8) is 0 Å². The third-order valence-corrected chi connectivity index (χ3v) is 4.28. The SMILES string of the molecule is Nc1cn(CCS(=O)(=O)c2ccc(Cl)cc2)nn1. The van der Waals surface area contributed by atoms with Crippen LogP contribution in [0.2, 0.25) is 5.02 Å². The zero-order chi connectivity index (χ0) is 13.2. The van der Waals surface area contributed by atoms with Gasteiger partial charge in [0, 0.05) is 5.02 Å². The van der Waals surface area contributed by atoms with Gasteiger partial charge in [0.2, 0.25) is 0 Å². The molecule has 1 aromatic carbocycles. The van der Waals surface area contributed by atoms with Crippen LogP contribution >= 0.6 is 11.6 Å². The highest BCUT2D eigenvalue weighted by Crippen LogP contribution is 2.15. The first-order valence-corrected chi connectivity index (χ1v) is 7.14. The topological polar surface area (TPSA) is 90.9 Å². The number of aryl methyl sites for hydroxylation is 1. The van der Waals surface area contributed by atoms with Crippen LogP contribution in [0.3, 0.4) is 0 Å². The van der Waals surface area contributed by atoms with Gasteiger partial charge in [0.05, 0.1) is 23.4 Å². The van der Waals surface area contributed by atoms with E-state index in [4.69, 9.17) is 17.3 Å². The average molecular weight is 287 g/mol. The van der Waals surface area contributed by atoms with Crippen molar-refractivity contribution in [2.75, 3.05) is 11.5 Å². The molecule has 0 amide bonds. The van der Waals surface area contributed by atoms with Gasteiger partial charge in [0.1, 0.15) is 0 Å². The molecular formula is C10H11ClN4O2S. The van der Waals surface area contributed by atoms with Gasteiger partial charge >= 0.3 is 0 Å². The van der Waals surface area contributed by atoms with Crippen molar-refractivity contribution in [2.24, 2.45) is 0 Å². The minimum atomic E-state index is -3.35. The highest BCUT2D eigenvalue weighted by molar-refractivity contribution is 7.91. The van der Waals surface area contributed by atoms with Gasteiger partial charge < -0.3 is 5.73 Å². The second-order valence-corrected chi connectivity index (χ2v) is 6.22. The number of halogens is 1. The molecule has 1 aromatic heterocycles. The molecule has 2 N–H and O–H groups in total. The first-order valence-electron chi connectivity index (χ1n) is 5.11. The summed E-state index contributed by atoms with van der Waals surface area (Å²) in [4.78, 5) is 0.236. The van der Waals surface area contributed by atoms with Gasteiger partial charge in [-0.1, -0.05) is 16.8 Å². The molecule has 0 fully saturated rings. The molecule has 0 saturated heterocycles. The molecule has 0 atom stereocenters. The zero-order valence-corrected chi connectivity index (χ0v) is 10.9. The summed E-state index contributed by atoms with van der Waals surface area (Å²) in [5, 5.41) is 7.76. The molecule has 0 aliphatic rings. The largest absolute Gasteiger partial charge is 0.381 e. The molecule has 0 bridgehead atoms. The Balaban J connectivity index is 2.10. The maximum absolute atomic E-state index is 12.0. The quantitative estimate of drug-likeness (QED) is 0.905. The molecule has 0 saturated carbocycles. The van der Waals surface area contributed by atoms with Gasteiger partial charge in [-0.25, -0.2) is 13.1 Å². The molecule has 0 unspecified atom stereocenters. The molecule has 0 aliphatic heterocycles. The predicted molar refractivity (Wildman–Crippen MR) is 67.9 cm³/mol. The summed E-state index contributed by atoms with van der Waals surface area (Å²) >= 11 is 5.71. The van der Waals surface area contributed by atoms with Gasteiger partial charge in [0.25, 0.3) is 0 Å². The number of hydrogen-bond acceptors (Lipinski definition) is 5. The third-order valence-electron chi connectivity index (χ3n) is 2.32. The van der Waals surface area contributed by atoms with Gasteiger partial charge in [-0.2, -0.15) is 0 Å². The lowest BCUT2D eigenvalue weighted by molar-refractivity contribution is 0.575. The Labute approximate surface area is 109 Å². The summed E-state index contributed by atoms with van der Waals surface area (Å²) in [6, 6.07) is 6.05. The predicted octanol–water partition coefficient (Wildman–Crippen LogP) is 0.988. The van der Waals surface area contributed by atoms with Crippen molar-refractivity contribution < 1.29 is 8.42 Å². The third kappa shape index (κ3) is 2.99. The minimum Gasteiger partial charge on any atom is -0.381 e. The number of hydrogen-bond donors (Lipinski definition) is 1. The highest BCUT2D eigenvalue weighted by atomic mass is 35.5. The fourth-order valence-electron chi connectivity index (χ4n) is 1.40. The summed E-state index contributed by atoms with van der Waals surface area (Å²) in [7, 11) is -3.35. The van der Waals surface area contributed by atoms with E-state index in [0.29, 0.717) is 5.02 Å². The van der Waals surface area contributed by atoms with E-state index in [1.165, 1.54) is 23.0 Å². The van der Waals surface area contributed by atoms with Crippen LogP contribution in [-0.2, 0) is 16.4 Å². The van der Waals surface area contributed by atoms with Crippen LogP contribution in [0.4, 0.5) is 5.82 Å². The summed E-state index contributed by atoms with van der Waals surface area (Å²) in [5.74, 6) is 0.191. The van der Waals surface area contributed by atoms with Crippen molar-refractivity contribution in [2.45, 2.75) is 11.4 Å². The van der Waals surface area contributed by atoms with Crippen molar-refractivity contribution >= 4 is 27.3 Å².